The molecule has 0 aliphatic rings. The molecule has 0 bridgehead atoms. The number of carbonyl (C=O) groups is 2. The third-order valence-electron chi connectivity index (χ3n) is 5.72. The predicted octanol–water partition coefficient (Wildman–Crippen LogP) is 3.39. The van der Waals surface area contributed by atoms with Crippen molar-refractivity contribution in [1.82, 2.24) is 8.61 Å². The van der Waals surface area contributed by atoms with Crippen molar-refractivity contribution in [2.75, 3.05) is 20.8 Å². The van der Waals surface area contributed by atoms with Crippen molar-refractivity contribution in [2.45, 2.75) is 52.9 Å². The fraction of sp³-hybridized carbons (Fsp3) is 0.462. The lowest BCUT2D eigenvalue weighted by molar-refractivity contribution is -0.147. The van der Waals surface area contributed by atoms with E-state index in [2.05, 4.69) is 0 Å². The zero-order valence-electron chi connectivity index (χ0n) is 21.7. The lowest BCUT2D eigenvalue weighted by Crippen LogP contribution is -2.56. The zero-order valence-corrected chi connectivity index (χ0v) is 22.5. The lowest BCUT2D eigenvalue weighted by atomic mass is 10.0. The average molecular weight is 521 g/mol. The van der Waals surface area contributed by atoms with Crippen LogP contribution in [0.15, 0.2) is 54.6 Å². The second-order valence-electron chi connectivity index (χ2n) is 8.57. The number of hydrogen-bond acceptors (Lipinski definition) is 7. The van der Waals surface area contributed by atoms with Crippen molar-refractivity contribution in [3.8, 4) is 5.75 Å². The fourth-order valence-electron chi connectivity index (χ4n) is 3.77. The highest BCUT2D eigenvalue weighted by Crippen LogP contribution is 2.26. The van der Waals surface area contributed by atoms with Crippen molar-refractivity contribution in [3.05, 3.63) is 65.7 Å². The molecule has 9 nitrogen and oxygen atoms in total. The summed E-state index contributed by atoms with van der Waals surface area (Å²) >= 11 is 0. The van der Waals surface area contributed by atoms with Gasteiger partial charge in [-0.3, -0.25) is 9.59 Å². The van der Waals surface area contributed by atoms with Gasteiger partial charge in [-0.25, -0.2) is 0 Å². The van der Waals surface area contributed by atoms with Crippen molar-refractivity contribution in [2.24, 2.45) is 5.92 Å². The van der Waals surface area contributed by atoms with E-state index in [1.807, 2.05) is 6.07 Å². The van der Waals surface area contributed by atoms with E-state index in [1.54, 1.807) is 69.3 Å². The predicted molar refractivity (Wildman–Crippen MR) is 136 cm³/mol. The summed E-state index contributed by atoms with van der Waals surface area (Å²) in [5, 5.41) is 0. The van der Waals surface area contributed by atoms with Crippen LogP contribution in [0.1, 0.15) is 38.8 Å². The molecule has 0 aromatic heterocycles. The molecule has 0 radical (unpaired) electrons. The number of rotatable bonds is 13. The Hall–Kier alpha value is -2.95. The Kier molecular flexibility index (Phi) is 10.9. The first-order valence-corrected chi connectivity index (χ1v) is 13.2. The molecule has 2 atom stereocenters. The topological polar surface area (TPSA) is 102 Å². The van der Waals surface area contributed by atoms with Crippen molar-refractivity contribution < 1.29 is 32.2 Å². The molecule has 2 aromatic carbocycles. The van der Waals surface area contributed by atoms with Crippen LogP contribution in [0.2, 0.25) is 0 Å². The molecule has 0 saturated carbocycles. The second-order valence-corrected chi connectivity index (χ2v) is 10.4. The number of carbonyl (C=O) groups excluding carboxylic acids is 2. The molecule has 0 heterocycles. The molecule has 0 fully saturated rings. The summed E-state index contributed by atoms with van der Waals surface area (Å²) in [4.78, 5) is 25.6. The maximum absolute atomic E-state index is 14.3. The Morgan fingerprint density at radius 2 is 1.39 bits per heavy atom. The van der Waals surface area contributed by atoms with Gasteiger partial charge in [0.1, 0.15) is 17.8 Å². The molecule has 0 aliphatic carbocycles. The SMILES string of the molecule is CCOC(=O)[C@@H](C)N(Cc1ccc(OC)cc1)S(=O)(=O)N(Cc1ccccc1)[C@H](C(=O)OC)C(C)C. The van der Waals surface area contributed by atoms with Crippen LogP contribution in [0.25, 0.3) is 0 Å². The number of methoxy groups -OCH3 is 2. The first kappa shape index (κ1) is 29.3. The zero-order chi connectivity index (χ0) is 26.9. The van der Waals surface area contributed by atoms with Crippen molar-refractivity contribution in [3.63, 3.8) is 0 Å². The number of ether oxygens (including phenoxy) is 3. The fourth-order valence-corrected chi connectivity index (χ4v) is 5.77. The molecule has 0 unspecified atom stereocenters. The second kappa shape index (κ2) is 13.4. The van der Waals surface area contributed by atoms with Gasteiger partial charge in [0.15, 0.2) is 0 Å². The third kappa shape index (κ3) is 7.28. The third-order valence-corrected chi connectivity index (χ3v) is 7.70. The van der Waals surface area contributed by atoms with Crippen molar-refractivity contribution in [1.29, 1.82) is 0 Å². The van der Waals surface area contributed by atoms with Gasteiger partial charge in [-0.2, -0.15) is 17.0 Å². The van der Waals surface area contributed by atoms with Gasteiger partial charge in [-0.05, 0) is 43.0 Å². The van der Waals surface area contributed by atoms with Crippen LogP contribution < -0.4 is 4.74 Å². The molecule has 2 aromatic rings. The summed E-state index contributed by atoms with van der Waals surface area (Å²) in [5.41, 5.74) is 1.32. The summed E-state index contributed by atoms with van der Waals surface area (Å²) in [7, 11) is -1.64. The molecule has 198 valence electrons. The highest BCUT2D eigenvalue weighted by atomic mass is 32.2. The lowest BCUT2D eigenvalue weighted by Gasteiger charge is -2.37. The number of nitrogens with zero attached hydrogens (tertiary/aromatic N) is 2. The first-order chi connectivity index (χ1) is 17.1. The molecule has 10 heteroatoms. The van der Waals surface area contributed by atoms with E-state index >= 15 is 0 Å². The minimum atomic E-state index is -4.40. The van der Waals surface area contributed by atoms with Crippen LogP contribution in [-0.2, 0) is 42.4 Å². The Balaban J connectivity index is 2.63. The van der Waals surface area contributed by atoms with Gasteiger partial charge < -0.3 is 14.2 Å². The molecular formula is C26H36N2O7S. The summed E-state index contributed by atoms with van der Waals surface area (Å²) in [6.07, 6.45) is 0. The van der Waals surface area contributed by atoms with Crippen LogP contribution >= 0.6 is 0 Å². The number of benzene rings is 2. The molecule has 0 spiro atoms. The van der Waals surface area contributed by atoms with Crippen molar-refractivity contribution >= 4 is 22.1 Å². The molecule has 0 N–H and O–H groups in total. The van der Waals surface area contributed by atoms with E-state index in [1.165, 1.54) is 21.1 Å². The highest BCUT2D eigenvalue weighted by molar-refractivity contribution is 7.86. The minimum Gasteiger partial charge on any atom is -0.497 e. The van der Waals surface area contributed by atoms with Gasteiger partial charge in [0, 0.05) is 13.1 Å². The molecule has 0 amide bonds. The van der Waals surface area contributed by atoms with Gasteiger partial charge in [0.25, 0.3) is 10.2 Å². The molecule has 0 aliphatic heterocycles. The Morgan fingerprint density at radius 1 is 0.833 bits per heavy atom. The van der Waals surface area contributed by atoms with E-state index in [0.717, 1.165) is 8.61 Å². The van der Waals surface area contributed by atoms with E-state index in [-0.39, 0.29) is 19.7 Å². The van der Waals surface area contributed by atoms with E-state index in [0.29, 0.717) is 16.9 Å². The smallest absolute Gasteiger partial charge is 0.324 e. The Morgan fingerprint density at radius 3 is 1.89 bits per heavy atom. The average Bonchev–Trinajstić information content (AvgIpc) is 2.87. The van der Waals surface area contributed by atoms with Gasteiger partial charge in [-0.15, -0.1) is 0 Å². The van der Waals surface area contributed by atoms with Gasteiger partial charge in [0.05, 0.1) is 20.8 Å². The minimum absolute atomic E-state index is 0.0875. The summed E-state index contributed by atoms with van der Waals surface area (Å²) in [6, 6.07) is 13.6. The van der Waals surface area contributed by atoms with Crippen LogP contribution in [0.5, 0.6) is 5.75 Å². The largest absolute Gasteiger partial charge is 0.497 e. The van der Waals surface area contributed by atoms with Crippen LogP contribution in [0.4, 0.5) is 0 Å². The first-order valence-electron chi connectivity index (χ1n) is 11.8. The Bertz CT molecular complexity index is 1090. The molecular weight excluding hydrogens is 484 g/mol. The molecule has 2 rings (SSSR count). The molecule has 0 saturated heterocycles. The van der Waals surface area contributed by atoms with E-state index < -0.39 is 40.1 Å². The molecule has 36 heavy (non-hydrogen) atoms. The maximum Gasteiger partial charge on any atom is 0.324 e. The number of esters is 2. The highest BCUT2D eigenvalue weighted by Gasteiger charge is 2.44. The van der Waals surface area contributed by atoms with Gasteiger partial charge in [0.2, 0.25) is 0 Å². The van der Waals surface area contributed by atoms with Crippen LogP contribution in [0, 0.1) is 5.92 Å². The summed E-state index contributed by atoms with van der Waals surface area (Å²) < 4.78 is 46.1. The summed E-state index contributed by atoms with van der Waals surface area (Å²) in [6.45, 7) is 6.52. The van der Waals surface area contributed by atoms with Gasteiger partial charge in [-0.1, -0.05) is 56.3 Å². The van der Waals surface area contributed by atoms with E-state index in [9.17, 15) is 18.0 Å². The van der Waals surface area contributed by atoms with Crippen LogP contribution in [0.3, 0.4) is 0 Å². The monoisotopic (exact) mass is 520 g/mol. The standard InChI is InChI=1S/C26H36N2O7S/c1-7-35-25(29)20(4)27(17-22-13-15-23(33-5)16-14-22)36(31,32)28(18-21-11-9-8-10-12-21)24(19(2)3)26(30)34-6/h8-16,19-20,24H,7,17-18H2,1-6H3/t20-,24+/m1/s1. The number of hydrogen-bond donors (Lipinski definition) is 0. The Labute approximate surface area is 214 Å². The summed E-state index contributed by atoms with van der Waals surface area (Å²) in [5.74, 6) is -1.16. The maximum atomic E-state index is 14.3. The van der Waals surface area contributed by atoms with Crippen LogP contribution in [-0.4, -0.2) is 61.9 Å². The quantitative estimate of drug-likeness (QED) is 0.373. The van der Waals surface area contributed by atoms with Gasteiger partial charge >= 0.3 is 11.9 Å². The van der Waals surface area contributed by atoms with E-state index in [4.69, 9.17) is 14.2 Å². The normalized spacial score (nSPS) is 13.5.